The summed E-state index contributed by atoms with van der Waals surface area (Å²) in [6.07, 6.45) is 1.91. The number of nitrogens with zero attached hydrogens (tertiary/aromatic N) is 2. The third-order valence-corrected chi connectivity index (χ3v) is 4.87. The van der Waals surface area contributed by atoms with Crippen LogP contribution in [0.2, 0.25) is 0 Å². The van der Waals surface area contributed by atoms with Gasteiger partial charge in [0.2, 0.25) is 0 Å². The first-order valence-corrected chi connectivity index (χ1v) is 7.29. The molecular weight excluding hydrogens is 264 g/mol. The number of allylic oxidation sites excluding steroid dienone is 1. The van der Waals surface area contributed by atoms with Crippen molar-refractivity contribution in [1.82, 2.24) is 4.31 Å². The number of carbonyl (C=O) groups excluding carboxylic acids is 1. The number of benzene rings is 1. The molecule has 0 bridgehead atoms. The Morgan fingerprint density at radius 1 is 1.47 bits per heavy atom. The van der Waals surface area contributed by atoms with Gasteiger partial charge in [0, 0.05) is 6.08 Å². The van der Waals surface area contributed by atoms with Crippen molar-refractivity contribution in [2.45, 2.75) is 18.2 Å². The van der Waals surface area contributed by atoms with Crippen LogP contribution in [0.25, 0.3) is 0 Å². The van der Waals surface area contributed by atoms with Gasteiger partial charge in [-0.1, -0.05) is 29.8 Å². The number of hydrogen-bond donors (Lipinski definition) is 2. The average molecular weight is 278 g/mol. The van der Waals surface area contributed by atoms with Gasteiger partial charge in [0.05, 0.1) is 23.1 Å². The van der Waals surface area contributed by atoms with Crippen LogP contribution < -0.4 is 0 Å². The summed E-state index contributed by atoms with van der Waals surface area (Å²) in [5.41, 5.74) is 0.999. The third-order valence-electron chi connectivity index (χ3n) is 3.02. The van der Waals surface area contributed by atoms with E-state index in [9.17, 15) is 13.9 Å². The maximum absolute atomic E-state index is 12.2. The van der Waals surface area contributed by atoms with Crippen LogP contribution in [0.4, 0.5) is 0 Å². The second-order valence-electron chi connectivity index (χ2n) is 4.14. The van der Waals surface area contributed by atoms with Crippen molar-refractivity contribution < 1.29 is 13.9 Å². The van der Waals surface area contributed by atoms with E-state index >= 15 is 0 Å². The van der Waals surface area contributed by atoms with Crippen LogP contribution in [0, 0.1) is 11.3 Å². The maximum atomic E-state index is 12.2. The van der Waals surface area contributed by atoms with Crippen LogP contribution in [0.1, 0.15) is 23.7 Å². The molecule has 2 rings (SSSR count). The van der Waals surface area contributed by atoms with Crippen molar-refractivity contribution in [3.05, 3.63) is 41.5 Å². The minimum atomic E-state index is -3.29. The van der Waals surface area contributed by atoms with Gasteiger partial charge < -0.3 is 0 Å². The lowest BCUT2D eigenvalue weighted by atomic mass is 10.1. The van der Waals surface area contributed by atoms with Crippen molar-refractivity contribution in [3.63, 3.8) is 0 Å². The normalized spacial score (nSPS) is 18.9. The fourth-order valence-corrected chi connectivity index (χ4v) is 3.57. The largest absolute Gasteiger partial charge is 0.277 e. The minimum absolute atomic E-state index is 0.0555. The highest BCUT2D eigenvalue weighted by Crippen LogP contribution is 2.58. The molecule has 0 radical (unpaired) electrons. The summed E-state index contributed by atoms with van der Waals surface area (Å²) in [5, 5.41) is 8.66. The van der Waals surface area contributed by atoms with Gasteiger partial charge in [0.1, 0.15) is 0 Å². The average Bonchev–Trinajstić information content (AvgIpc) is 2.60. The molecule has 0 saturated carbocycles. The molecule has 5 nitrogen and oxygen atoms in total. The van der Waals surface area contributed by atoms with Crippen LogP contribution in [-0.2, 0) is 0 Å². The molecule has 0 atom stereocenters. The molecule has 1 aromatic carbocycles. The molecule has 6 heteroatoms. The molecule has 0 saturated heterocycles. The van der Waals surface area contributed by atoms with E-state index in [-0.39, 0.29) is 11.4 Å². The van der Waals surface area contributed by atoms with E-state index in [1.54, 1.807) is 24.3 Å². The third kappa shape index (κ3) is 2.24. The molecule has 0 fully saturated rings. The molecule has 1 aliphatic rings. The summed E-state index contributed by atoms with van der Waals surface area (Å²) >= 11 is 0. The first-order valence-electron chi connectivity index (χ1n) is 5.79. The summed E-state index contributed by atoms with van der Waals surface area (Å²) in [5.74, 6) is -0.409. The molecule has 1 aromatic rings. The Balaban J connectivity index is 2.38. The quantitative estimate of drug-likeness (QED) is 0.832. The Morgan fingerprint density at radius 3 is 2.74 bits per heavy atom. The van der Waals surface area contributed by atoms with E-state index in [0.717, 1.165) is 4.31 Å². The summed E-state index contributed by atoms with van der Waals surface area (Å²) in [6, 6.07) is 8.37. The predicted molar refractivity (Wildman–Crippen MR) is 72.6 cm³/mol. The second-order valence-corrected chi connectivity index (χ2v) is 6.06. The number of nitriles is 1. The summed E-state index contributed by atoms with van der Waals surface area (Å²) in [4.78, 5) is 12.4. The molecule has 0 spiro atoms. The lowest BCUT2D eigenvalue weighted by molar-refractivity contribution is 0.0870. The van der Waals surface area contributed by atoms with Gasteiger partial charge in [-0.3, -0.25) is 13.9 Å². The van der Waals surface area contributed by atoms with Crippen LogP contribution in [-0.4, -0.2) is 25.9 Å². The standard InChI is InChI=1S/C13H14N2O3S/c1-2-10(7-8-14)9-15-13(16)11-5-3-4-6-12(11)19(15,17)18/h3-7,17-18H,2,9H2,1H3/b10-7+. The number of rotatable bonds is 3. The van der Waals surface area contributed by atoms with Crippen LogP contribution in [0.3, 0.4) is 0 Å². The number of carbonyl (C=O) groups is 1. The Bertz CT molecular complexity index is 590. The second kappa shape index (κ2) is 5.05. The first-order chi connectivity index (χ1) is 9.02. The van der Waals surface area contributed by atoms with Crippen molar-refractivity contribution in [2.75, 3.05) is 6.54 Å². The molecule has 0 aliphatic carbocycles. The zero-order valence-corrected chi connectivity index (χ0v) is 11.2. The van der Waals surface area contributed by atoms with Gasteiger partial charge in [0.15, 0.2) is 0 Å². The fraction of sp³-hybridized carbons (Fsp3) is 0.231. The van der Waals surface area contributed by atoms with E-state index in [4.69, 9.17) is 5.26 Å². The van der Waals surface area contributed by atoms with Crippen LogP contribution in [0.5, 0.6) is 0 Å². The highest BCUT2D eigenvalue weighted by atomic mass is 32.3. The Kier molecular flexibility index (Phi) is 3.62. The van der Waals surface area contributed by atoms with E-state index in [1.165, 1.54) is 6.08 Å². The van der Waals surface area contributed by atoms with E-state index in [1.807, 2.05) is 13.0 Å². The Hall–Kier alpha value is -1.81. The van der Waals surface area contributed by atoms with Gasteiger partial charge in [-0.15, -0.1) is 0 Å². The Labute approximate surface area is 113 Å². The lowest BCUT2D eigenvalue weighted by Crippen LogP contribution is -2.29. The smallest absolute Gasteiger partial charge is 0.274 e. The van der Waals surface area contributed by atoms with Gasteiger partial charge in [-0.05, 0) is 24.1 Å². The highest BCUT2D eigenvalue weighted by molar-refractivity contribution is 8.23. The predicted octanol–water partition coefficient (Wildman–Crippen LogP) is 3.03. The maximum Gasteiger partial charge on any atom is 0.274 e. The number of fused-ring (bicyclic) bond motifs is 1. The van der Waals surface area contributed by atoms with E-state index < -0.39 is 16.7 Å². The molecule has 0 unspecified atom stereocenters. The summed E-state index contributed by atoms with van der Waals surface area (Å²) in [7, 11) is -3.29. The van der Waals surface area contributed by atoms with Crippen molar-refractivity contribution >= 4 is 16.7 Å². The molecule has 2 N–H and O–H groups in total. The van der Waals surface area contributed by atoms with Crippen molar-refractivity contribution in [1.29, 1.82) is 5.26 Å². The molecule has 1 aliphatic heterocycles. The minimum Gasteiger partial charge on any atom is -0.277 e. The number of amides is 1. The molecule has 0 aromatic heterocycles. The number of hydrogen-bond acceptors (Lipinski definition) is 4. The topological polar surface area (TPSA) is 84.6 Å². The van der Waals surface area contributed by atoms with Gasteiger partial charge in [-0.2, -0.15) is 5.26 Å². The van der Waals surface area contributed by atoms with Crippen LogP contribution in [0.15, 0.2) is 40.8 Å². The summed E-state index contributed by atoms with van der Waals surface area (Å²) < 4.78 is 21.5. The Morgan fingerprint density at radius 2 is 2.16 bits per heavy atom. The molecule has 19 heavy (non-hydrogen) atoms. The zero-order chi connectivity index (χ0) is 14.0. The van der Waals surface area contributed by atoms with Gasteiger partial charge >= 0.3 is 0 Å². The summed E-state index contributed by atoms with van der Waals surface area (Å²) in [6.45, 7) is 1.91. The van der Waals surface area contributed by atoms with Gasteiger partial charge in [-0.25, -0.2) is 4.31 Å². The molecule has 1 amide bonds. The SMILES string of the molecule is CC/C(=C\C#N)CN1C(=O)c2ccccc2S1(O)O. The van der Waals surface area contributed by atoms with Crippen molar-refractivity contribution in [2.24, 2.45) is 0 Å². The molecule has 1 heterocycles. The van der Waals surface area contributed by atoms with E-state index in [2.05, 4.69) is 0 Å². The molecule has 100 valence electrons. The monoisotopic (exact) mass is 278 g/mol. The molecular formula is C13H14N2O3S. The van der Waals surface area contributed by atoms with Crippen LogP contribution >= 0.6 is 10.8 Å². The zero-order valence-electron chi connectivity index (χ0n) is 10.4. The lowest BCUT2D eigenvalue weighted by Gasteiger charge is -2.37. The first kappa shape index (κ1) is 13.6. The van der Waals surface area contributed by atoms with Gasteiger partial charge in [0.25, 0.3) is 5.91 Å². The van der Waals surface area contributed by atoms with Crippen molar-refractivity contribution in [3.8, 4) is 6.07 Å². The fourth-order valence-electron chi connectivity index (χ4n) is 1.95. The highest BCUT2D eigenvalue weighted by Gasteiger charge is 2.41. The van der Waals surface area contributed by atoms with E-state index in [0.29, 0.717) is 17.6 Å².